The van der Waals surface area contributed by atoms with Crippen molar-refractivity contribution in [3.05, 3.63) is 40.6 Å². The molecule has 3 aromatic rings. The Morgan fingerprint density at radius 1 is 0.905 bits per heavy atom. The van der Waals surface area contributed by atoms with E-state index in [1.807, 2.05) is 51.5 Å². The molecular formula is C16H17N3OS. The summed E-state index contributed by atoms with van der Waals surface area (Å²) < 4.78 is 1.98. The van der Waals surface area contributed by atoms with Crippen LogP contribution in [0, 0.1) is 0 Å². The molecule has 3 rings (SSSR count). The molecule has 0 aliphatic carbocycles. The second kappa shape index (κ2) is 5.26. The molecule has 1 aromatic heterocycles. The maximum absolute atomic E-state index is 12.8. The first-order chi connectivity index (χ1) is 10.2. The molecule has 0 fully saturated rings. The number of rotatable bonds is 3. The minimum atomic E-state index is 0.0787. The highest BCUT2D eigenvalue weighted by atomic mass is 32.1. The molecule has 0 bridgehead atoms. The van der Waals surface area contributed by atoms with E-state index in [0.717, 1.165) is 37.2 Å². The van der Waals surface area contributed by atoms with Gasteiger partial charge in [-0.15, -0.1) is 11.3 Å². The minimum absolute atomic E-state index is 0.0787. The number of benzene rings is 2. The summed E-state index contributed by atoms with van der Waals surface area (Å²) in [4.78, 5) is 12.8. The molecule has 3 N–H and O–H groups in total. The van der Waals surface area contributed by atoms with Gasteiger partial charge in [-0.1, -0.05) is 12.1 Å². The van der Waals surface area contributed by atoms with E-state index < -0.39 is 0 Å². The van der Waals surface area contributed by atoms with Crippen LogP contribution in [0.15, 0.2) is 35.1 Å². The first-order valence-corrected chi connectivity index (χ1v) is 7.58. The lowest BCUT2D eigenvalue weighted by atomic mass is 10.1. The number of hydrogen-bond acceptors (Lipinski definition) is 5. The van der Waals surface area contributed by atoms with Crippen LogP contribution in [0.25, 0.3) is 20.2 Å². The lowest BCUT2D eigenvalue weighted by Gasteiger charge is -2.16. The molecule has 108 valence electrons. The summed E-state index contributed by atoms with van der Waals surface area (Å²) >= 11 is 1.64. The number of fused-ring (bicyclic) bond motifs is 2. The molecule has 0 atom stereocenters. The van der Waals surface area contributed by atoms with Gasteiger partial charge in [-0.3, -0.25) is 4.79 Å². The van der Waals surface area contributed by atoms with E-state index in [1.54, 1.807) is 11.3 Å². The average molecular weight is 299 g/mol. The van der Waals surface area contributed by atoms with Crippen molar-refractivity contribution in [2.24, 2.45) is 0 Å². The second-order valence-corrected chi connectivity index (χ2v) is 5.78. The third-order valence-electron chi connectivity index (χ3n) is 3.64. The first kappa shape index (κ1) is 13.7. The molecule has 0 amide bonds. The fourth-order valence-corrected chi connectivity index (χ4v) is 3.84. The van der Waals surface area contributed by atoms with Gasteiger partial charge in [-0.25, -0.2) is 0 Å². The Hall–Kier alpha value is -2.27. The SMILES string of the molecule is CNc1cc2c(=O)c3ccccc3sc2c(NC)c1NC. The summed E-state index contributed by atoms with van der Waals surface area (Å²) in [6.45, 7) is 0. The van der Waals surface area contributed by atoms with Crippen LogP contribution in [0.4, 0.5) is 17.1 Å². The van der Waals surface area contributed by atoms with Gasteiger partial charge in [0.15, 0.2) is 5.43 Å². The quantitative estimate of drug-likeness (QED) is 0.648. The zero-order chi connectivity index (χ0) is 15.0. The highest BCUT2D eigenvalue weighted by Crippen LogP contribution is 2.40. The maximum Gasteiger partial charge on any atom is 0.196 e. The number of nitrogens with one attached hydrogen (secondary N) is 3. The molecule has 0 spiro atoms. The largest absolute Gasteiger partial charge is 0.386 e. The molecule has 4 nitrogen and oxygen atoms in total. The third-order valence-corrected chi connectivity index (χ3v) is 4.84. The zero-order valence-electron chi connectivity index (χ0n) is 12.2. The van der Waals surface area contributed by atoms with Crippen molar-refractivity contribution in [3.63, 3.8) is 0 Å². The highest BCUT2D eigenvalue weighted by Gasteiger charge is 2.15. The predicted molar refractivity (Wildman–Crippen MR) is 94.2 cm³/mol. The molecular weight excluding hydrogens is 282 g/mol. The summed E-state index contributed by atoms with van der Waals surface area (Å²) in [6.07, 6.45) is 0. The van der Waals surface area contributed by atoms with Crippen molar-refractivity contribution in [3.8, 4) is 0 Å². The van der Waals surface area contributed by atoms with Crippen molar-refractivity contribution in [1.82, 2.24) is 0 Å². The average Bonchev–Trinajstić information content (AvgIpc) is 2.53. The van der Waals surface area contributed by atoms with E-state index in [-0.39, 0.29) is 5.43 Å². The van der Waals surface area contributed by atoms with Crippen molar-refractivity contribution < 1.29 is 0 Å². The van der Waals surface area contributed by atoms with Crippen LogP contribution in [0.1, 0.15) is 0 Å². The summed E-state index contributed by atoms with van der Waals surface area (Å²) in [6, 6.07) is 9.67. The Labute approximate surface area is 126 Å². The van der Waals surface area contributed by atoms with Crippen LogP contribution in [-0.2, 0) is 0 Å². The van der Waals surface area contributed by atoms with Crippen molar-refractivity contribution in [2.45, 2.75) is 0 Å². The standard InChI is InChI=1S/C16H17N3OS/c1-17-11-8-10-15(20)9-6-4-5-7-12(9)21-16(10)14(19-3)13(11)18-2/h4-8,17-19H,1-3H3. The van der Waals surface area contributed by atoms with Gasteiger partial charge in [0.2, 0.25) is 0 Å². The van der Waals surface area contributed by atoms with E-state index in [2.05, 4.69) is 16.0 Å². The Morgan fingerprint density at radius 2 is 1.62 bits per heavy atom. The van der Waals surface area contributed by atoms with Crippen molar-refractivity contribution in [2.75, 3.05) is 37.1 Å². The minimum Gasteiger partial charge on any atom is -0.386 e. The molecule has 21 heavy (non-hydrogen) atoms. The molecule has 0 saturated carbocycles. The molecule has 0 aliphatic heterocycles. The summed E-state index contributed by atoms with van der Waals surface area (Å²) in [7, 11) is 5.62. The van der Waals surface area contributed by atoms with Crippen LogP contribution in [0.2, 0.25) is 0 Å². The van der Waals surface area contributed by atoms with Crippen molar-refractivity contribution in [1.29, 1.82) is 0 Å². The van der Waals surface area contributed by atoms with Crippen LogP contribution in [0.3, 0.4) is 0 Å². The van der Waals surface area contributed by atoms with E-state index in [1.165, 1.54) is 0 Å². The monoisotopic (exact) mass is 299 g/mol. The van der Waals surface area contributed by atoms with Gasteiger partial charge in [0, 0.05) is 36.6 Å². The van der Waals surface area contributed by atoms with E-state index >= 15 is 0 Å². The Balaban J connectivity index is 2.56. The van der Waals surface area contributed by atoms with E-state index in [0.29, 0.717) is 0 Å². The van der Waals surface area contributed by atoms with E-state index in [4.69, 9.17) is 0 Å². The van der Waals surface area contributed by atoms with Crippen LogP contribution >= 0.6 is 11.3 Å². The molecule has 0 radical (unpaired) electrons. The lowest BCUT2D eigenvalue weighted by molar-refractivity contribution is 1.44. The normalized spacial score (nSPS) is 10.8. The summed E-state index contributed by atoms with van der Waals surface area (Å²) in [5, 5.41) is 11.1. The predicted octanol–water partition coefficient (Wildman–Crippen LogP) is 3.54. The third kappa shape index (κ3) is 2.01. The summed E-state index contributed by atoms with van der Waals surface area (Å²) in [5.41, 5.74) is 2.91. The topological polar surface area (TPSA) is 53.2 Å². The zero-order valence-corrected chi connectivity index (χ0v) is 13.0. The number of hydrogen-bond donors (Lipinski definition) is 3. The van der Waals surface area contributed by atoms with E-state index in [9.17, 15) is 4.79 Å². The lowest BCUT2D eigenvalue weighted by Crippen LogP contribution is -2.07. The van der Waals surface area contributed by atoms with Crippen LogP contribution in [-0.4, -0.2) is 21.1 Å². The molecule has 2 aromatic carbocycles. The van der Waals surface area contributed by atoms with Gasteiger partial charge in [-0.05, 0) is 18.2 Å². The molecule has 0 unspecified atom stereocenters. The van der Waals surface area contributed by atoms with Gasteiger partial charge in [0.1, 0.15) is 0 Å². The van der Waals surface area contributed by atoms with Gasteiger partial charge in [-0.2, -0.15) is 0 Å². The Bertz CT molecular complexity index is 886. The summed E-state index contributed by atoms with van der Waals surface area (Å²) in [5.74, 6) is 0. The van der Waals surface area contributed by atoms with Gasteiger partial charge in [0.05, 0.1) is 21.8 Å². The molecule has 0 aliphatic rings. The van der Waals surface area contributed by atoms with Crippen LogP contribution in [0.5, 0.6) is 0 Å². The fourth-order valence-electron chi connectivity index (χ4n) is 2.63. The number of anilines is 3. The van der Waals surface area contributed by atoms with Gasteiger partial charge >= 0.3 is 0 Å². The van der Waals surface area contributed by atoms with Gasteiger partial charge < -0.3 is 16.0 Å². The Morgan fingerprint density at radius 3 is 2.29 bits per heavy atom. The Kier molecular flexibility index (Phi) is 3.43. The maximum atomic E-state index is 12.8. The molecule has 1 heterocycles. The smallest absolute Gasteiger partial charge is 0.196 e. The second-order valence-electron chi connectivity index (χ2n) is 4.73. The van der Waals surface area contributed by atoms with Crippen molar-refractivity contribution >= 4 is 48.6 Å². The molecule has 5 heteroatoms. The molecule has 0 saturated heterocycles. The van der Waals surface area contributed by atoms with Crippen LogP contribution < -0.4 is 21.4 Å². The fraction of sp³-hybridized carbons (Fsp3) is 0.188. The highest BCUT2D eigenvalue weighted by molar-refractivity contribution is 7.25. The van der Waals surface area contributed by atoms with Gasteiger partial charge in [0.25, 0.3) is 0 Å². The first-order valence-electron chi connectivity index (χ1n) is 6.77.